The molecule has 5 nitrogen and oxygen atoms in total. The number of benzene rings is 2. The lowest BCUT2D eigenvalue weighted by Gasteiger charge is -2.38. The summed E-state index contributed by atoms with van der Waals surface area (Å²) in [6, 6.07) is 20.4. The molecule has 0 aliphatic carbocycles. The maximum atomic E-state index is 10.5. The Bertz CT molecular complexity index is 696. The predicted molar refractivity (Wildman–Crippen MR) is 97.0 cm³/mol. The molecule has 5 heteroatoms. The van der Waals surface area contributed by atoms with Gasteiger partial charge >= 0.3 is 0 Å². The second kappa shape index (κ2) is 7.86. The smallest absolute Gasteiger partial charge is 0.155 e. The van der Waals surface area contributed by atoms with Crippen molar-refractivity contribution in [2.24, 2.45) is 0 Å². The number of ether oxygens (including phenoxy) is 2. The molecule has 5 atom stereocenters. The SMILES string of the molecule is C[C@@H]1OC[C@@H](O)[C@H]([C@H]2C[C@@H](c3ccccc3)ON2Cc2ccccc2)O1. The van der Waals surface area contributed by atoms with Crippen LogP contribution in [0.5, 0.6) is 0 Å². The maximum Gasteiger partial charge on any atom is 0.155 e. The molecule has 0 bridgehead atoms. The Morgan fingerprint density at radius 1 is 1.04 bits per heavy atom. The minimum absolute atomic E-state index is 0.0400. The van der Waals surface area contributed by atoms with Crippen LogP contribution in [0.2, 0.25) is 0 Å². The molecular formula is C21H25NO4. The molecule has 0 spiro atoms. The second-order valence-corrected chi connectivity index (χ2v) is 6.94. The van der Waals surface area contributed by atoms with Crippen LogP contribution in [0.15, 0.2) is 60.7 Å². The van der Waals surface area contributed by atoms with Crippen LogP contribution in [0.4, 0.5) is 0 Å². The standard InChI is InChI=1S/C21H25NO4/c1-15-24-14-19(23)21(25-15)18-12-20(17-10-6-3-7-11-17)26-22(18)13-16-8-4-2-5-9-16/h2-11,15,18-21,23H,12-14H2,1H3/t15-,18-,19-,20+,21+/m1/s1. The third-order valence-corrected chi connectivity index (χ3v) is 5.05. The molecule has 2 aromatic rings. The van der Waals surface area contributed by atoms with E-state index in [9.17, 15) is 5.11 Å². The first-order chi connectivity index (χ1) is 12.7. The summed E-state index contributed by atoms with van der Waals surface area (Å²) in [5.41, 5.74) is 2.31. The van der Waals surface area contributed by atoms with E-state index in [0.717, 1.165) is 12.0 Å². The van der Waals surface area contributed by atoms with Gasteiger partial charge in [-0.2, -0.15) is 5.06 Å². The van der Waals surface area contributed by atoms with Crippen molar-refractivity contribution in [1.82, 2.24) is 5.06 Å². The van der Waals surface area contributed by atoms with E-state index < -0.39 is 6.10 Å². The van der Waals surface area contributed by atoms with Crippen LogP contribution in [0.1, 0.15) is 30.6 Å². The zero-order chi connectivity index (χ0) is 17.9. The average Bonchev–Trinajstić information content (AvgIpc) is 3.09. The van der Waals surface area contributed by atoms with Crippen molar-refractivity contribution < 1.29 is 19.4 Å². The summed E-state index contributed by atoms with van der Waals surface area (Å²) >= 11 is 0. The van der Waals surface area contributed by atoms with Gasteiger partial charge in [-0.15, -0.1) is 0 Å². The van der Waals surface area contributed by atoms with Crippen molar-refractivity contribution in [2.75, 3.05) is 6.61 Å². The van der Waals surface area contributed by atoms with E-state index in [1.54, 1.807) is 0 Å². The average molecular weight is 355 g/mol. The van der Waals surface area contributed by atoms with Crippen molar-refractivity contribution >= 4 is 0 Å². The zero-order valence-electron chi connectivity index (χ0n) is 14.9. The first kappa shape index (κ1) is 17.6. The van der Waals surface area contributed by atoms with Gasteiger partial charge < -0.3 is 14.6 Å². The van der Waals surface area contributed by atoms with Crippen LogP contribution >= 0.6 is 0 Å². The molecular weight excluding hydrogens is 330 g/mol. The Labute approximate surface area is 154 Å². The van der Waals surface area contributed by atoms with Gasteiger partial charge in [-0.05, 0) is 18.1 Å². The summed E-state index contributed by atoms with van der Waals surface area (Å²) in [5.74, 6) is 0. The van der Waals surface area contributed by atoms with Gasteiger partial charge in [-0.25, -0.2) is 0 Å². The molecule has 0 amide bonds. The molecule has 2 aromatic carbocycles. The van der Waals surface area contributed by atoms with Gasteiger partial charge in [0.15, 0.2) is 6.29 Å². The number of rotatable bonds is 4. The van der Waals surface area contributed by atoms with Gasteiger partial charge in [0.05, 0.1) is 12.6 Å². The van der Waals surface area contributed by atoms with Crippen molar-refractivity contribution in [2.45, 2.75) is 50.5 Å². The first-order valence-corrected chi connectivity index (χ1v) is 9.18. The van der Waals surface area contributed by atoms with Crippen LogP contribution in [0.25, 0.3) is 0 Å². The van der Waals surface area contributed by atoms with Gasteiger partial charge in [0.1, 0.15) is 18.3 Å². The van der Waals surface area contributed by atoms with Crippen LogP contribution in [-0.4, -0.2) is 41.3 Å². The molecule has 2 aliphatic heterocycles. The predicted octanol–water partition coefficient (Wildman–Crippen LogP) is 3.06. The lowest BCUT2D eigenvalue weighted by atomic mass is 9.96. The van der Waals surface area contributed by atoms with Crippen LogP contribution in [-0.2, 0) is 20.9 Å². The van der Waals surface area contributed by atoms with Crippen LogP contribution in [0.3, 0.4) is 0 Å². The Morgan fingerprint density at radius 2 is 1.73 bits per heavy atom. The molecule has 2 fully saturated rings. The number of hydrogen-bond donors (Lipinski definition) is 1. The minimum Gasteiger partial charge on any atom is -0.388 e. The van der Waals surface area contributed by atoms with E-state index >= 15 is 0 Å². The van der Waals surface area contributed by atoms with E-state index in [4.69, 9.17) is 14.3 Å². The number of hydroxylamine groups is 2. The molecule has 2 saturated heterocycles. The fraction of sp³-hybridized carbons (Fsp3) is 0.429. The van der Waals surface area contributed by atoms with Gasteiger partial charge in [0.2, 0.25) is 0 Å². The molecule has 2 heterocycles. The summed E-state index contributed by atoms with van der Waals surface area (Å²) < 4.78 is 11.4. The van der Waals surface area contributed by atoms with E-state index in [1.807, 2.05) is 48.4 Å². The fourth-order valence-corrected chi connectivity index (χ4v) is 3.73. The third kappa shape index (κ3) is 3.82. The van der Waals surface area contributed by atoms with E-state index in [2.05, 4.69) is 24.3 Å². The minimum atomic E-state index is -0.660. The summed E-state index contributed by atoms with van der Waals surface area (Å²) in [7, 11) is 0. The van der Waals surface area contributed by atoms with Crippen LogP contribution in [0, 0.1) is 0 Å². The molecule has 4 rings (SSSR count). The number of nitrogens with zero attached hydrogens (tertiary/aromatic N) is 1. The van der Waals surface area contributed by atoms with Crippen LogP contribution < -0.4 is 0 Å². The third-order valence-electron chi connectivity index (χ3n) is 5.05. The lowest BCUT2D eigenvalue weighted by Crippen LogP contribution is -2.52. The van der Waals surface area contributed by atoms with Crippen molar-refractivity contribution in [3.05, 3.63) is 71.8 Å². The first-order valence-electron chi connectivity index (χ1n) is 9.18. The summed E-state index contributed by atoms with van der Waals surface area (Å²) in [6.45, 7) is 2.80. The number of aliphatic hydroxyl groups excluding tert-OH is 1. The topological polar surface area (TPSA) is 51.2 Å². The normalized spacial score (nSPS) is 32.6. The highest BCUT2D eigenvalue weighted by molar-refractivity contribution is 5.19. The van der Waals surface area contributed by atoms with E-state index in [-0.39, 0.29) is 31.1 Å². The summed E-state index contributed by atoms with van der Waals surface area (Å²) in [6.07, 6.45) is -0.592. The molecule has 0 unspecified atom stereocenters. The molecule has 26 heavy (non-hydrogen) atoms. The van der Waals surface area contributed by atoms with Gasteiger partial charge in [-0.1, -0.05) is 60.7 Å². The van der Waals surface area contributed by atoms with E-state index in [0.29, 0.717) is 6.54 Å². The maximum absolute atomic E-state index is 10.5. The second-order valence-electron chi connectivity index (χ2n) is 6.94. The Balaban J connectivity index is 1.57. The highest BCUT2D eigenvalue weighted by Crippen LogP contribution is 2.38. The van der Waals surface area contributed by atoms with Gasteiger partial charge in [0, 0.05) is 13.0 Å². The quantitative estimate of drug-likeness (QED) is 0.914. The molecule has 0 aromatic heterocycles. The summed E-state index contributed by atoms with van der Waals surface area (Å²) in [4.78, 5) is 6.30. The molecule has 138 valence electrons. The van der Waals surface area contributed by atoms with Gasteiger partial charge in [-0.3, -0.25) is 4.84 Å². The lowest BCUT2D eigenvalue weighted by molar-refractivity contribution is -0.274. The Hall–Kier alpha value is -1.76. The summed E-state index contributed by atoms with van der Waals surface area (Å²) in [5, 5.41) is 12.4. The molecule has 1 N–H and O–H groups in total. The Kier molecular flexibility index (Phi) is 5.33. The van der Waals surface area contributed by atoms with E-state index in [1.165, 1.54) is 5.56 Å². The Morgan fingerprint density at radius 3 is 2.46 bits per heavy atom. The monoisotopic (exact) mass is 355 g/mol. The highest BCUT2D eigenvalue weighted by atomic mass is 16.7. The number of aliphatic hydroxyl groups is 1. The van der Waals surface area contributed by atoms with Crippen molar-refractivity contribution in [3.8, 4) is 0 Å². The highest BCUT2D eigenvalue weighted by Gasteiger charge is 2.44. The van der Waals surface area contributed by atoms with Gasteiger partial charge in [0.25, 0.3) is 0 Å². The largest absolute Gasteiger partial charge is 0.388 e. The molecule has 2 aliphatic rings. The fourth-order valence-electron chi connectivity index (χ4n) is 3.73. The zero-order valence-corrected chi connectivity index (χ0v) is 14.9. The van der Waals surface area contributed by atoms with Crippen molar-refractivity contribution in [1.29, 1.82) is 0 Å². The van der Waals surface area contributed by atoms with Crippen molar-refractivity contribution in [3.63, 3.8) is 0 Å². The molecule has 0 saturated carbocycles. The molecule has 0 radical (unpaired) electrons. The number of hydrogen-bond acceptors (Lipinski definition) is 5.